The van der Waals surface area contributed by atoms with Gasteiger partial charge in [-0.25, -0.2) is 4.79 Å². The summed E-state index contributed by atoms with van der Waals surface area (Å²) in [6, 6.07) is 0. The van der Waals surface area contributed by atoms with Gasteiger partial charge in [0.25, 0.3) is 0 Å². The smallest absolute Gasteiger partial charge is 0.331 e. The van der Waals surface area contributed by atoms with E-state index in [1.807, 2.05) is 6.92 Å². The van der Waals surface area contributed by atoms with Gasteiger partial charge < -0.3 is 5.11 Å². The zero-order valence-corrected chi connectivity index (χ0v) is 8.62. The molecule has 1 rings (SSSR count). The Balaban J connectivity index is 2.80. The van der Waals surface area contributed by atoms with Gasteiger partial charge >= 0.3 is 5.97 Å². The van der Waals surface area contributed by atoms with E-state index in [0.717, 1.165) is 6.42 Å². The van der Waals surface area contributed by atoms with E-state index in [2.05, 4.69) is 0 Å². The number of allylic oxidation sites excluding steroid dienone is 1. The van der Waals surface area contributed by atoms with Crippen molar-refractivity contribution in [3.8, 4) is 0 Å². The van der Waals surface area contributed by atoms with Crippen LogP contribution in [0, 0.1) is 11.8 Å². The van der Waals surface area contributed by atoms with Gasteiger partial charge in [-0.1, -0.05) is 13.0 Å². The maximum atomic E-state index is 11.2. The SMILES string of the molecule is CCC1CC(C(C)=O)CC=C1C(=O)O. The van der Waals surface area contributed by atoms with E-state index >= 15 is 0 Å². The first-order valence-corrected chi connectivity index (χ1v) is 5.00. The fourth-order valence-electron chi connectivity index (χ4n) is 1.98. The summed E-state index contributed by atoms with van der Waals surface area (Å²) >= 11 is 0. The molecular weight excluding hydrogens is 180 g/mol. The molecule has 3 heteroatoms. The minimum Gasteiger partial charge on any atom is -0.478 e. The first-order valence-electron chi connectivity index (χ1n) is 5.00. The van der Waals surface area contributed by atoms with E-state index < -0.39 is 5.97 Å². The highest BCUT2D eigenvalue weighted by molar-refractivity contribution is 5.88. The zero-order chi connectivity index (χ0) is 10.7. The number of carboxylic acid groups (broad SMARTS) is 1. The molecule has 0 aromatic rings. The number of ketones is 1. The molecule has 78 valence electrons. The third-order valence-corrected chi connectivity index (χ3v) is 2.95. The second kappa shape index (κ2) is 4.40. The van der Waals surface area contributed by atoms with Crippen molar-refractivity contribution in [3.05, 3.63) is 11.6 Å². The second-order valence-electron chi connectivity index (χ2n) is 3.85. The Bertz CT molecular complexity index is 278. The molecule has 0 saturated carbocycles. The fraction of sp³-hybridized carbons (Fsp3) is 0.636. The topological polar surface area (TPSA) is 54.4 Å². The number of aliphatic carboxylic acids is 1. The summed E-state index contributed by atoms with van der Waals surface area (Å²) in [5.41, 5.74) is 0.491. The van der Waals surface area contributed by atoms with Crippen LogP contribution in [-0.2, 0) is 9.59 Å². The summed E-state index contributed by atoms with van der Waals surface area (Å²) in [5, 5.41) is 8.91. The molecule has 0 radical (unpaired) electrons. The number of Topliss-reactive ketones (excluding diaryl/α,β-unsaturated/α-hetero) is 1. The van der Waals surface area contributed by atoms with Crippen molar-refractivity contribution < 1.29 is 14.7 Å². The van der Waals surface area contributed by atoms with Gasteiger partial charge in [-0.15, -0.1) is 0 Å². The molecule has 0 fully saturated rings. The summed E-state index contributed by atoms with van der Waals surface area (Å²) < 4.78 is 0. The molecule has 2 unspecified atom stereocenters. The second-order valence-corrected chi connectivity index (χ2v) is 3.85. The van der Waals surface area contributed by atoms with Crippen LogP contribution in [0.3, 0.4) is 0 Å². The highest BCUT2D eigenvalue weighted by Gasteiger charge is 2.28. The molecule has 0 aromatic heterocycles. The van der Waals surface area contributed by atoms with Crippen LogP contribution in [0.25, 0.3) is 0 Å². The predicted molar refractivity (Wildman–Crippen MR) is 52.9 cm³/mol. The van der Waals surface area contributed by atoms with Crippen LogP contribution in [0.2, 0.25) is 0 Å². The van der Waals surface area contributed by atoms with Crippen LogP contribution < -0.4 is 0 Å². The molecule has 2 atom stereocenters. The first kappa shape index (κ1) is 11.0. The van der Waals surface area contributed by atoms with E-state index in [1.165, 1.54) is 0 Å². The lowest BCUT2D eigenvalue weighted by Gasteiger charge is -2.25. The van der Waals surface area contributed by atoms with Gasteiger partial charge in [-0.3, -0.25) is 4.79 Å². The number of carboxylic acids is 1. The van der Waals surface area contributed by atoms with Crippen molar-refractivity contribution in [1.82, 2.24) is 0 Å². The van der Waals surface area contributed by atoms with Crippen LogP contribution in [0.15, 0.2) is 11.6 Å². The minimum atomic E-state index is -0.834. The summed E-state index contributed by atoms with van der Waals surface area (Å²) in [6.07, 6.45) is 3.80. The quantitative estimate of drug-likeness (QED) is 0.751. The summed E-state index contributed by atoms with van der Waals surface area (Å²) in [4.78, 5) is 22.0. The van der Waals surface area contributed by atoms with Gasteiger partial charge in [0.05, 0.1) is 0 Å². The molecule has 0 aromatic carbocycles. The average Bonchev–Trinajstić information content (AvgIpc) is 2.16. The Hall–Kier alpha value is -1.12. The Morgan fingerprint density at radius 3 is 2.64 bits per heavy atom. The molecule has 0 bridgehead atoms. The van der Waals surface area contributed by atoms with Gasteiger partial charge in [-0.05, 0) is 32.1 Å². The fourth-order valence-corrected chi connectivity index (χ4v) is 1.98. The lowest BCUT2D eigenvalue weighted by atomic mass is 9.78. The first-order chi connectivity index (χ1) is 6.56. The molecule has 0 aliphatic heterocycles. The van der Waals surface area contributed by atoms with Gasteiger partial charge in [-0.2, -0.15) is 0 Å². The van der Waals surface area contributed by atoms with Crippen molar-refractivity contribution in [2.45, 2.75) is 33.1 Å². The summed E-state index contributed by atoms with van der Waals surface area (Å²) in [7, 11) is 0. The van der Waals surface area contributed by atoms with Gasteiger partial charge in [0.2, 0.25) is 0 Å². The maximum Gasteiger partial charge on any atom is 0.331 e. The number of carbonyl (C=O) groups excluding carboxylic acids is 1. The Kier molecular flexibility index (Phi) is 3.44. The number of carbonyl (C=O) groups is 2. The van der Waals surface area contributed by atoms with Crippen molar-refractivity contribution in [3.63, 3.8) is 0 Å². The van der Waals surface area contributed by atoms with Gasteiger partial charge in [0.15, 0.2) is 0 Å². The van der Waals surface area contributed by atoms with E-state index in [1.54, 1.807) is 13.0 Å². The number of hydrogen-bond donors (Lipinski definition) is 1. The molecule has 0 spiro atoms. The molecule has 1 aliphatic rings. The summed E-state index contributed by atoms with van der Waals surface area (Å²) in [6.45, 7) is 3.54. The van der Waals surface area contributed by atoms with Gasteiger partial charge in [0, 0.05) is 11.5 Å². The molecular formula is C11H16O3. The monoisotopic (exact) mass is 196 g/mol. The number of hydrogen-bond acceptors (Lipinski definition) is 2. The summed E-state index contributed by atoms with van der Waals surface area (Å²) in [5.74, 6) is -0.582. The molecule has 14 heavy (non-hydrogen) atoms. The Morgan fingerprint density at radius 2 is 2.21 bits per heavy atom. The standard InChI is InChI=1S/C11H16O3/c1-3-8-6-9(7(2)12)4-5-10(8)11(13)14/h5,8-9H,3-4,6H2,1-2H3,(H,13,14). The van der Waals surface area contributed by atoms with Crippen molar-refractivity contribution in [2.24, 2.45) is 11.8 Å². The largest absolute Gasteiger partial charge is 0.478 e. The number of rotatable bonds is 3. The van der Waals surface area contributed by atoms with Crippen molar-refractivity contribution >= 4 is 11.8 Å². The molecule has 0 heterocycles. The molecule has 3 nitrogen and oxygen atoms in total. The minimum absolute atomic E-state index is 0.0306. The highest BCUT2D eigenvalue weighted by Crippen LogP contribution is 2.31. The normalized spacial score (nSPS) is 26.9. The molecule has 0 amide bonds. The lowest BCUT2D eigenvalue weighted by molar-refractivity contribution is -0.134. The van der Waals surface area contributed by atoms with E-state index in [9.17, 15) is 9.59 Å². The average molecular weight is 196 g/mol. The Morgan fingerprint density at radius 1 is 1.57 bits per heavy atom. The Labute approximate surface area is 83.8 Å². The molecule has 0 saturated heterocycles. The van der Waals surface area contributed by atoms with Crippen LogP contribution in [-0.4, -0.2) is 16.9 Å². The zero-order valence-electron chi connectivity index (χ0n) is 8.62. The highest BCUT2D eigenvalue weighted by atomic mass is 16.4. The van der Waals surface area contributed by atoms with E-state index in [0.29, 0.717) is 18.4 Å². The third kappa shape index (κ3) is 2.22. The van der Waals surface area contributed by atoms with Crippen molar-refractivity contribution in [1.29, 1.82) is 0 Å². The van der Waals surface area contributed by atoms with Crippen LogP contribution in [0.4, 0.5) is 0 Å². The van der Waals surface area contributed by atoms with E-state index in [-0.39, 0.29) is 17.6 Å². The van der Waals surface area contributed by atoms with E-state index in [4.69, 9.17) is 5.11 Å². The molecule has 1 N–H and O–H groups in total. The van der Waals surface area contributed by atoms with Crippen LogP contribution in [0.1, 0.15) is 33.1 Å². The lowest BCUT2D eigenvalue weighted by Crippen LogP contribution is -2.24. The van der Waals surface area contributed by atoms with Crippen LogP contribution >= 0.6 is 0 Å². The maximum absolute atomic E-state index is 11.2. The molecule has 1 aliphatic carbocycles. The predicted octanol–water partition coefficient (Wildman–Crippen LogP) is 2.02. The van der Waals surface area contributed by atoms with Crippen molar-refractivity contribution in [2.75, 3.05) is 0 Å². The third-order valence-electron chi connectivity index (χ3n) is 2.95. The van der Waals surface area contributed by atoms with Crippen LogP contribution in [0.5, 0.6) is 0 Å². The van der Waals surface area contributed by atoms with Gasteiger partial charge in [0.1, 0.15) is 5.78 Å².